The Balaban J connectivity index is 3.70. The van der Waals surface area contributed by atoms with Crippen molar-refractivity contribution in [2.75, 3.05) is 0 Å². The summed E-state index contributed by atoms with van der Waals surface area (Å²) in [4.78, 5) is 0. The minimum Gasteiger partial charge on any atom is -0.202 e. The molecule has 0 aromatic carbocycles. The molecule has 0 rings (SSSR count). The highest BCUT2D eigenvalue weighted by Crippen LogP contribution is 2.18. The third kappa shape index (κ3) is 2.50. The van der Waals surface area contributed by atoms with Gasteiger partial charge in [0, 0.05) is 6.42 Å². The van der Waals surface area contributed by atoms with Crippen LogP contribution in [0.3, 0.4) is 0 Å². The van der Waals surface area contributed by atoms with Crippen LogP contribution >= 0.6 is 0 Å². The molecule has 0 fully saturated rings. The van der Waals surface area contributed by atoms with Crippen LogP contribution in [0.15, 0.2) is 25.3 Å². The van der Waals surface area contributed by atoms with E-state index in [1.165, 1.54) is 6.08 Å². The molecule has 0 atom stereocenters. The molecule has 0 aliphatic carbocycles. The van der Waals surface area contributed by atoms with Crippen LogP contribution in [0.5, 0.6) is 0 Å². The third-order valence-corrected chi connectivity index (χ3v) is 0.715. The highest BCUT2D eigenvalue weighted by Gasteiger charge is 2.20. The molecule has 0 saturated carbocycles. The Labute approximate surface area is 47.5 Å². The zero-order chi connectivity index (χ0) is 6.62. The van der Waals surface area contributed by atoms with Gasteiger partial charge in [-0.25, -0.2) is 8.78 Å². The molecule has 0 amide bonds. The minimum absolute atomic E-state index is 0.323. The lowest BCUT2D eigenvalue weighted by Crippen LogP contribution is -2.08. The maximum atomic E-state index is 12.0. The Kier molecular flexibility index (Phi) is 2.38. The lowest BCUT2D eigenvalue weighted by atomic mass is 10.2. The first-order chi connectivity index (χ1) is 3.62. The fraction of sp³-hybridized carbons (Fsp3) is 0.333. The lowest BCUT2D eigenvalue weighted by molar-refractivity contribution is 0.0593. The van der Waals surface area contributed by atoms with Crippen molar-refractivity contribution in [3.63, 3.8) is 0 Å². The zero-order valence-electron chi connectivity index (χ0n) is 4.53. The van der Waals surface area contributed by atoms with E-state index < -0.39 is 5.92 Å². The molecule has 0 nitrogen and oxygen atoms in total. The van der Waals surface area contributed by atoms with Crippen LogP contribution in [0, 0.1) is 0 Å². The Hall–Kier alpha value is -0.660. The number of rotatable bonds is 3. The first-order valence-corrected chi connectivity index (χ1v) is 2.24. The van der Waals surface area contributed by atoms with Crippen LogP contribution in [0.2, 0.25) is 0 Å². The third-order valence-electron chi connectivity index (χ3n) is 0.715. The minimum atomic E-state index is -2.76. The van der Waals surface area contributed by atoms with Crippen LogP contribution in [-0.2, 0) is 0 Å². The van der Waals surface area contributed by atoms with Crippen LogP contribution < -0.4 is 0 Å². The van der Waals surface area contributed by atoms with E-state index in [0.29, 0.717) is 6.08 Å². The molecule has 0 aliphatic heterocycles. The van der Waals surface area contributed by atoms with Crippen molar-refractivity contribution in [1.82, 2.24) is 0 Å². The first-order valence-electron chi connectivity index (χ1n) is 2.24. The smallest absolute Gasteiger partial charge is 0.202 e. The van der Waals surface area contributed by atoms with Crippen LogP contribution in [0.25, 0.3) is 0 Å². The van der Waals surface area contributed by atoms with Crippen molar-refractivity contribution in [1.29, 1.82) is 0 Å². The monoisotopic (exact) mass is 118 g/mol. The highest BCUT2D eigenvalue weighted by molar-refractivity contribution is 4.91. The Morgan fingerprint density at radius 3 is 2.00 bits per heavy atom. The average Bonchev–Trinajstić information content (AvgIpc) is 1.67. The summed E-state index contributed by atoms with van der Waals surface area (Å²) in [6.45, 7) is 6.12. The Bertz CT molecular complexity index is 94.7. The number of allylic oxidation sites excluding steroid dienone is 2. The maximum absolute atomic E-state index is 12.0. The number of hydrogen-bond acceptors (Lipinski definition) is 0. The highest BCUT2D eigenvalue weighted by atomic mass is 19.3. The molecule has 0 spiro atoms. The second kappa shape index (κ2) is 2.60. The number of hydrogen-bond donors (Lipinski definition) is 0. The molecule has 0 aliphatic rings. The molecular weight excluding hydrogens is 110 g/mol. The molecule has 0 bridgehead atoms. The normalized spacial score (nSPS) is 10.8. The van der Waals surface area contributed by atoms with E-state index in [-0.39, 0.29) is 6.42 Å². The molecule has 0 saturated heterocycles. The molecule has 0 aromatic rings. The van der Waals surface area contributed by atoms with Gasteiger partial charge in [0.05, 0.1) is 0 Å². The van der Waals surface area contributed by atoms with Gasteiger partial charge >= 0.3 is 0 Å². The fourth-order valence-corrected chi connectivity index (χ4v) is 0.276. The summed E-state index contributed by atoms with van der Waals surface area (Å²) in [7, 11) is 0. The van der Waals surface area contributed by atoms with E-state index in [2.05, 4.69) is 13.2 Å². The van der Waals surface area contributed by atoms with Crippen molar-refractivity contribution in [3.05, 3.63) is 25.3 Å². The Morgan fingerprint density at radius 1 is 1.38 bits per heavy atom. The van der Waals surface area contributed by atoms with Gasteiger partial charge in [-0.1, -0.05) is 12.7 Å². The van der Waals surface area contributed by atoms with Gasteiger partial charge in [-0.05, 0) is 6.08 Å². The van der Waals surface area contributed by atoms with Crippen molar-refractivity contribution >= 4 is 0 Å². The second-order valence-electron chi connectivity index (χ2n) is 1.46. The van der Waals surface area contributed by atoms with Gasteiger partial charge in [-0.15, -0.1) is 6.58 Å². The summed E-state index contributed by atoms with van der Waals surface area (Å²) in [5.74, 6) is -2.76. The predicted octanol–water partition coefficient (Wildman–Crippen LogP) is 2.38. The summed E-state index contributed by atoms with van der Waals surface area (Å²) in [5, 5.41) is 0. The second-order valence-corrected chi connectivity index (χ2v) is 1.46. The van der Waals surface area contributed by atoms with Gasteiger partial charge in [0.2, 0.25) is 0 Å². The van der Waals surface area contributed by atoms with E-state index in [0.717, 1.165) is 0 Å². The lowest BCUT2D eigenvalue weighted by Gasteiger charge is -2.05. The maximum Gasteiger partial charge on any atom is 0.269 e. The fourth-order valence-electron chi connectivity index (χ4n) is 0.276. The largest absolute Gasteiger partial charge is 0.269 e. The molecule has 0 aromatic heterocycles. The number of halogens is 2. The van der Waals surface area contributed by atoms with Crippen LogP contribution in [0.1, 0.15) is 6.42 Å². The average molecular weight is 118 g/mol. The van der Waals surface area contributed by atoms with Gasteiger partial charge in [0.15, 0.2) is 0 Å². The zero-order valence-corrected chi connectivity index (χ0v) is 4.53. The van der Waals surface area contributed by atoms with E-state index in [1.54, 1.807) is 0 Å². The summed E-state index contributed by atoms with van der Waals surface area (Å²) in [6.07, 6.45) is 1.47. The van der Waals surface area contributed by atoms with Gasteiger partial charge in [-0.2, -0.15) is 0 Å². The standard InChI is InChI=1S/C6H8F2/c1-3-5-6(7,8)4-2/h3-4H,1-2,5H2. The molecule has 0 radical (unpaired) electrons. The molecular formula is C6H8F2. The first kappa shape index (κ1) is 7.34. The SMILES string of the molecule is C=CCC(F)(F)C=C. The van der Waals surface area contributed by atoms with Gasteiger partial charge in [-0.3, -0.25) is 0 Å². The van der Waals surface area contributed by atoms with Crippen molar-refractivity contribution < 1.29 is 8.78 Å². The topological polar surface area (TPSA) is 0 Å². The van der Waals surface area contributed by atoms with Crippen molar-refractivity contribution in [2.24, 2.45) is 0 Å². The molecule has 46 valence electrons. The van der Waals surface area contributed by atoms with Crippen LogP contribution in [0.4, 0.5) is 8.78 Å². The molecule has 0 N–H and O–H groups in total. The summed E-state index contributed by atoms with van der Waals surface area (Å²) in [5.41, 5.74) is 0. The van der Waals surface area contributed by atoms with Crippen molar-refractivity contribution in [3.8, 4) is 0 Å². The molecule has 0 unspecified atom stereocenters. The molecule has 8 heavy (non-hydrogen) atoms. The van der Waals surface area contributed by atoms with Gasteiger partial charge < -0.3 is 0 Å². The quantitative estimate of drug-likeness (QED) is 0.499. The van der Waals surface area contributed by atoms with Gasteiger partial charge in [0.1, 0.15) is 0 Å². The van der Waals surface area contributed by atoms with Crippen LogP contribution in [-0.4, -0.2) is 5.92 Å². The molecule has 0 heterocycles. The van der Waals surface area contributed by atoms with E-state index in [4.69, 9.17) is 0 Å². The van der Waals surface area contributed by atoms with E-state index >= 15 is 0 Å². The van der Waals surface area contributed by atoms with E-state index in [9.17, 15) is 8.78 Å². The summed E-state index contributed by atoms with van der Waals surface area (Å²) >= 11 is 0. The summed E-state index contributed by atoms with van der Waals surface area (Å²) < 4.78 is 23.9. The summed E-state index contributed by atoms with van der Waals surface area (Å²) in [6, 6.07) is 0. The predicted molar refractivity (Wildman–Crippen MR) is 30.0 cm³/mol. The van der Waals surface area contributed by atoms with Gasteiger partial charge in [0.25, 0.3) is 5.92 Å². The van der Waals surface area contributed by atoms with E-state index in [1.807, 2.05) is 0 Å². The Morgan fingerprint density at radius 2 is 1.88 bits per heavy atom. The number of alkyl halides is 2. The van der Waals surface area contributed by atoms with Crippen molar-refractivity contribution in [2.45, 2.75) is 12.3 Å². The molecule has 2 heteroatoms.